The Morgan fingerprint density at radius 2 is 2.17 bits per heavy atom. The molecule has 0 aromatic carbocycles. The van der Waals surface area contributed by atoms with Gasteiger partial charge < -0.3 is 25.6 Å². The fourth-order valence-corrected chi connectivity index (χ4v) is 1.26. The second-order valence-electron chi connectivity index (χ2n) is 3.57. The van der Waals surface area contributed by atoms with Crippen molar-refractivity contribution < 1.29 is 29.0 Å². The number of carboxylic acids is 1. The van der Waals surface area contributed by atoms with Crippen molar-refractivity contribution in [2.24, 2.45) is 5.73 Å². The highest BCUT2D eigenvalue weighted by Gasteiger charge is 2.24. The zero-order valence-corrected chi connectivity index (χ0v) is 9.55. The number of nitrogens with one attached hydrogen (secondary N) is 1. The molecular weight excluding hydrogens is 244 g/mol. The minimum atomic E-state index is -1.25. The van der Waals surface area contributed by atoms with E-state index in [0.29, 0.717) is 6.61 Å². The number of hydrogen-bond acceptors (Lipinski definition) is 5. The predicted octanol–water partition coefficient (Wildman–Crippen LogP) is -1.29. The Balaban J connectivity index is 2.54. The van der Waals surface area contributed by atoms with E-state index in [9.17, 15) is 14.4 Å². The van der Waals surface area contributed by atoms with Gasteiger partial charge in [0.2, 0.25) is 11.7 Å². The number of aliphatic carboxylic acids is 1. The Labute approximate surface area is 103 Å². The predicted molar refractivity (Wildman–Crippen MR) is 58.0 cm³/mol. The molecule has 8 nitrogen and oxygen atoms in total. The number of primary amides is 1. The largest absolute Gasteiger partial charge is 0.494 e. The van der Waals surface area contributed by atoms with Crippen LogP contribution < -0.4 is 11.1 Å². The monoisotopic (exact) mass is 258 g/mol. The lowest BCUT2D eigenvalue weighted by molar-refractivity contribution is -0.142. The first-order valence-corrected chi connectivity index (χ1v) is 5.27. The Kier molecular flexibility index (Phi) is 4.97. The van der Waals surface area contributed by atoms with E-state index < -0.39 is 23.8 Å². The van der Waals surface area contributed by atoms with E-state index in [0.717, 1.165) is 6.26 Å². The highest BCUT2D eigenvalue weighted by molar-refractivity contribution is 5.94. The van der Waals surface area contributed by atoms with Gasteiger partial charge in [-0.15, -0.1) is 0 Å². The van der Waals surface area contributed by atoms with Crippen LogP contribution in [0.3, 0.4) is 0 Å². The third-order valence-corrected chi connectivity index (χ3v) is 2.16. The van der Waals surface area contributed by atoms with Crippen LogP contribution in [0, 0.1) is 0 Å². The average molecular weight is 258 g/mol. The SMILES string of the molecule is NC(=O)CC[C@H](NC(=O)C1=COCCO1)C(=O)O. The van der Waals surface area contributed by atoms with Crippen molar-refractivity contribution in [3.05, 3.63) is 12.0 Å². The van der Waals surface area contributed by atoms with E-state index in [1.165, 1.54) is 0 Å². The molecule has 0 radical (unpaired) electrons. The summed E-state index contributed by atoms with van der Waals surface area (Å²) < 4.78 is 9.86. The Bertz CT molecular complexity index is 379. The molecule has 0 aromatic heterocycles. The Morgan fingerprint density at radius 3 is 2.67 bits per heavy atom. The molecule has 2 amide bonds. The molecule has 0 bridgehead atoms. The molecule has 1 aliphatic heterocycles. The molecule has 0 spiro atoms. The maximum absolute atomic E-state index is 11.6. The molecule has 4 N–H and O–H groups in total. The summed E-state index contributed by atoms with van der Waals surface area (Å²) in [4.78, 5) is 33.0. The molecule has 1 atom stereocenters. The van der Waals surface area contributed by atoms with Gasteiger partial charge in [0.15, 0.2) is 0 Å². The van der Waals surface area contributed by atoms with Crippen LogP contribution >= 0.6 is 0 Å². The summed E-state index contributed by atoms with van der Waals surface area (Å²) in [5, 5.41) is 11.1. The van der Waals surface area contributed by atoms with E-state index in [1.807, 2.05) is 0 Å². The normalized spacial score (nSPS) is 15.7. The molecule has 1 heterocycles. The number of hydrogen-bond donors (Lipinski definition) is 3. The number of amides is 2. The number of carboxylic acid groups (broad SMARTS) is 1. The van der Waals surface area contributed by atoms with Gasteiger partial charge >= 0.3 is 5.97 Å². The number of carbonyl (C=O) groups excluding carboxylic acids is 2. The molecule has 0 saturated carbocycles. The second kappa shape index (κ2) is 6.48. The van der Waals surface area contributed by atoms with Crippen molar-refractivity contribution in [1.82, 2.24) is 5.32 Å². The first-order valence-electron chi connectivity index (χ1n) is 5.27. The van der Waals surface area contributed by atoms with Crippen molar-refractivity contribution in [2.75, 3.05) is 13.2 Å². The van der Waals surface area contributed by atoms with E-state index in [2.05, 4.69) is 5.32 Å². The van der Waals surface area contributed by atoms with Crippen LogP contribution in [0.15, 0.2) is 12.0 Å². The average Bonchev–Trinajstić information content (AvgIpc) is 2.34. The van der Waals surface area contributed by atoms with Gasteiger partial charge in [-0.2, -0.15) is 0 Å². The summed E-state index contributed by atoms with van der Waals surface area (Å²) in [7, 11) is 0. The number of rotatable bonds is 6. The van der Waals surface area contributed by atoms with E-state index in [1.54, 1.807) is 0 Å². The highest BCUT2D eigenvalue weighted by Crippen LogP contribution is 2.06. The highest BCUT2D eigenvalue weighted by atomic mass is 16.6. The summed E-state index contributed by atoms with van der Waals surface area (Å²) >= 11 is 0. The Hall–Kier alpha value is -2.25. The lowest BCUT2D eigenvalue weighted by Gasteiger charge is -2.18. The molecule has 0 fully saturated rings. The molecular formula is C10H14N2O6. The van der Waals surface area contributed by atoms with Gasteiger partial charge in [-0.05, 0) is 6.42 Å². The smallest absolute Gasteiger partial charge is 0.326 e. The molecule has 8 heteroatoms. The van der Waals surface area contributed by atoms with Gasteiger partial charge in [0.1, 0.15) is 25.5 Å². The summed E-state index contributed by atoms with van der Waals surface area (Å²) in [5.41, 5.74) is 4.91. The first kappa shape index (κ1) is 13.8. The summed E-state index contributed by atoms with van der Waals surface area (Å²) in [6.07, 6.45) is 0.907. The van der Waals surface area contributed by atoms with Crippen LogP contribution in [0.5, 0.6) is 0 Å². The lowest BCUT2D eigenvalue weighted by atomic mass is 10.1. The lowest BCUT2D eigenvalue weighted by Crippen LogP contribution is -2.42. The van der Waals surface area contributed by atoms with Crippen molar-refractivity contribution >= 4 is 17.8 Å². The van der Waals surface area contributed by atoms with Gasteiger partial charge in [-0.3, -0.25) is 9.59 Å². The van der Waals surface area contributed by atoms with Gasteiger partial charge in [0, 0.05) is 6.42 Å². The maximum Gasteiger partial charge on any atom is 0.326 e. The minimum absolute atomic E-state index is 0.0788. The molecule has 100 valence electrons. The van der Waals surface area contributed by atoms with Crippen LogP contribution in [-0.2, 0) is 23.9 Å². The fourth-order valence-electron chi connectivity index (χ4n) is 1.26. The minimum Gasteiger partial charge on any atom is -0.494 e. The molecule has 1 aliphatic rings. The van der Waals surface area contributed by atoms with E-state index >= 15 is 0 Å². The van der Waals surface area contributed by atoms with Crippen LogP contribution in [-0.4, -0.2) is 42.1 Å². The fraction of sp³-hybridized carbons (Fsp3) is 0.500. The molecule has 0 aromatic rings. The van der Waals surface area contributed by atoms with Crippen LogP contribution in [0.25, 0.3) is 0 Å². The standard InChI is InChI=1S/C10H14N2O6/c11-8(13)2-1-6(10(15)16)12-9(14)7-5-17-3-4-18-7/h5-6H,1-4H2,(H2,11,13)(H,12,14)(H,15,16)/t6-/m0/s1. The summed E-state index contributed by atoms with van der Waals surface area (Å²) in [6.45, 7) is 0.555. The Morgan fingerprint density at radius 1 is 1.44 bits per heavy atom. The third kappa shape index (κ3) is 4.32. The first-order chi connectivity index (χ1) is 8.50. The molecule has 0 saturated heterocycles. The summed E-state index contributed by atoms with van der Waals surface area (Å²) in [6, 6.07) is -1.20. The van der Waals surface area contributed by atoms with Crippen molar-refractivity contribution in [3.63, 3.8) is 0 Å². The molecule has 0 aliphatic carbocycles. The molecule has 1 rings (SSSR count). The van der Waals surface area contributed by atoms with Gasteiger partial charge in [0.25, 0.3) is 5.91 Å². The maximum atomic E-state index is 11.6. The summed E-state index contributed by atoms with van der Waals surface area (Å²) in [5.74, 6) is -2.67. The number of ether oxygens (including phenoxy) is 2. The van der Waals surface area contributed by atoms with Crippen molar-refractivity contribution in [3.8, 4) is 0 Å². The van der Waals surface area contributed by atoms with Crippen molar-refractivity contribution in [2.45, 2.75) is 18.9 Å². The van der Waals surface area contributed by atoms with Crippen LogP contribution in [0.1, 0.15) is 12.8 Å². The van der Waals surface area contributed by atoms with Crippen molar-refractivity contribution in [1.29, 1.82) is 0 Å². The number of carbonyl (C=O) groups is 3. The molecule has 18 heavy (non-hydrogen) atoms. The number of nitrogens with two attached hydrogens (primary N) is 1. The third-order valence-electron chi connectivity index (χ3n) is 2.16. The van der Waals surface area contributed by atoms with Gasteiger partial charge in [0.05, 0.1) is 0 Å². The molecule has 0 unspecified atom stereocenters. The van der Waals surface area contributed by atoms with Crippen LogP contribution in [0.2, 0.25) is 0 Å². The zero-order valence-electron chi connectivity index (χ0n) is 9.55. The van der Waals surface area contributed by atoms with Gasteiger partial charge in [-0.25, -0.2) is 4.79 Å². The topological polar surface area (TPSA) is 128 Å². The zero-order chi connectivity index (χ0) is 13.5. The van der Waals surface area contributed by atoms with Gasteiger partial charge in [-0.1, -0.05) is 0 Å². The van der Waals surface area contributed by atoms with E-state index in [4.69, 9.17) is 20.3 Å². The van der Waals surface area contributed by atoms with E-state index in [-0.39, 0.29) is 25.2 Å². The quantitative estimate of drug-likeness (QED) is 0.543. The second-order valence-corrected chi connectivity index (χ2v) is 3.57. The van der Waals surface area contributed by atoms with Crippen LogP contribution in [0.4, 0.5) is 0 Å².